The minimum Gasteiger partial charge on any atom is -0.289 e. The fraction of sp³-hybridized carbons (Fsp3) is 0.200. The number of carbonyl (C=O) groups is 1. The number of nitro groups is 1. The molecule has 0 fully saturated rings. The average molecular weight is 185 g/mol. The highest BCUT2D eigenvalue weighted by atomic mass is 16.6. The Labute approximate surface area is 72.4 Å². The number of nitrogens with zero attached hydrogens (tertiary/aromatic N) is 3. The normalized spacial score (nSPS) is 9.69. The second kappa shape index (κ2) is 3.19. The van der Waals surface area contributed by atoms with Crippen molar-refractivity contribution in [2.24, 2.45) is 12.9 Å². The Morgan fingerprint density at radius 3 is 2.92 bits per heavy atom. The Hall–Kier alpha value is -1.96. The van der Waals surface area contributed by atoms with E-state index in [1.54, 1.807) is 5.43 Å². The van der Waals surface area contributed by atoms with E-state index in [0.717, 1.165) is 10.9 Å². The number of rotatable bonds is 2. The smallest absolute Gasteiger partial charge is 0.289 e. The van der Waals surface area contributed by atoms with Crippen LogP contribution in [-0.2, 0) is 7.05 Å². The predicted octanol–water partition coefficient (Wildman–Crippen LogP) is -1.07. The van der Waals surface area contributed by atoms with Gasteiger partial charge >= 0.3 is 5.69 Å². The molecule has 1 aromatic rings. The van der Waals surface area contributed by atoms with Gasteiger partial charge in [0.15, 0.2) is 0 Å². The van der Waals surface area contributed by atoms with E-state index in [2.05, 4.69) is 5.10 Å². The molecule has 0 atom stereocenters. The molecule has 70 valence electrons. The van der Waals surface area contributed by atoms with Crippen LogP contribution in [-0.4, -0.2) is 20.6 Å². The van der Waals surface area contributed by atoms with Crippen LogP contribution in [0.25, 0.3) is 0 Å². The Morgan fingerprint density at radius 1 is 1.85 bits per heavy atom. The predicted molar refractivity (Wildman–Crippen MR) is 41.5 cm³/mol. The quantitative estimate of drug-likeness (QED) is 0.263. The molecule has 0 radical (unpaired) electrons. The lowest BCUT2D eigenvalue weighted by atomic mass is 10.3. The first kappa shape index (κ1) is 9.13. The summed E-state index contributed by atoms with van der Waals surface area (Å²) in [6.45, 7) is 0. The maximum atomic E-state index is 11.0. The van der Waals surface area contributed by atoms with Gasteiger partial charge in [0, 0.05) is 7.05 Å². The molecule has 0 saturated heterocycles. The van der Waals surface area contributed by atoms with Gasteiger partial charge in [0.1, 0.15) is 6.20 Å². The van der Waals surface area contributed by atoms with Crippen LogP contribution in [0.5, 0.6) is 0 Å². The van der Waals surface area contributed by atoms with Crippen molar-refractivity contribution in [3.63, 3.8) is 0 Å². The summed E-state index contributed by atoms with van der Waals surface area (Å²) < 4.78 is 1.08. The number of hydrogen-bond donors (Lipinski definition) is 2. The van der Waals surface area contributed by atoms with Gasteiger partial charge in [-0.15, -0.1) is 0 Å². The van der Waals surface area contributed by atoms with Crippen molar-refractivity contribution in [3.8, 4) is 0 Å². The average Bonchev–Trinajstić information content (AvgIpc) is 2.46. The van der Waals surface area contributed by atoms with Gasteiger partial charge in [-0.05, 0) is 0 Å². The lowest BCUT2D eigenvalue weighted by Crippen LogP contribution is -2.32. The molecule has 0 aliphatic heterocycles. The summed E-state index contributed by atoms with van der Waals surface area (Å²) in [6.07, 6.45) is 0.991. The van der Waals surface area contributed by atoms with Crippen LogP contribution < -0.4 is 11.3 Å². The zero-order valence-electron chi connectivity index (χ0n) is 6.72. The molecule has 3 N–H and O–H groups in total. The number of nitrogen functional groups attached to an aromatic ring is 1. The molecule has 0 aromatic carbocycles. The summed E-state index contributed by atoms with van der Waals surface area (Å²) >= 11 is 0. The molecule has 0 saturated carbocycles. The third-order valence-electron chi connectivity index (χ3n) is 1.46. The van der Waals surface area contributed by atoms with Crippen LogP contribution in [0.15, 0.2) is 6.20 Å². The second-order valence-electron chi connectivity index (χ2n) is 2.23. The molecule has 0 aliphatic carbocycles. The highest BCUT2D eigenvalue weighted by Crippen LogP contribution is 2.15. The van der Waals surface area contributed by atoms with Gasteiger partial charge in [0.25, 0.3) is 5.91 Å². The Bertz CT molecular complexity index is 357. The molecule has 0 unspecified atom stereocenters. The number of hydrazine groups is 1. The molecule has 8 nitrogen and oxygen atoms in total. The van der Waals surface area contributed by atoms with Gasteiger partial charge in [-0.25, -0.2) is 5.84 Å². The van der Waals surface area contributed by atoms with Crippen molar-refractivity contribution in [1.82, 2.24) is 15.2 Å². The van der Waals surface area contributed by atoms with Crippen molar-refractivity contribution < 1.29 is 9.72 Å². The van der Waals surface area contributed by atoms with Crippen LogP contribution >= 0.6 is 0 Å². The Balaban J connectivity index is 3.24. The van der Waals surface area contributed by atoms with E-state index in [0.29, 0.717) is 0 Å². The van der Waals surface area contributed by atoms with Crippen LogP contribution in [0.4, 0.5) is 5.69 Å². The summed E-state index contributed by atoms with van der Waals surface area (Å²) in [4.78, 5) is 20.7. The van der Waals surface area contributed by atoms with Gasteiger partial charge in [0.05, 0.1) is 4.92 Å². The zero-order valence-corrected chi connectivity index (χ0v) is 6.72. The molecule has 0 aliphatic rings. The van der Waals surface area contributed by atoms with Crippen molar-refractivity contribution >= 4 is 11.6 Å². The summed E-state index contributed by atoms with van der Waals surface area (Å²) in [6, 6.07) is 0. The third kappa shape index (κ3) is 1.47. The SMILES string of the molecule is Cn1ncc([N+](=O)[O-])c1C(=O)NN. The number of nitrogens with one attached hydrogen (secondary N) is 1. The minimum absolute atomic E-state index is 0.174. The van der Waals surface area contributed by atoms with E-state index >= 15 is 0 Å². The Kier molecular flexibility index (Phi) is 2.24. The number of aryl methyl sites for hydroxylation is 1. The third-order valence-corrected chi connectivity index (χ3v) is 1.46. The first-order valence-corrected chi connectivity index (χ1v) is 3.25. The highest BCUT2D eigenvalue weighted by molar-refractivity contribution is 5.95. The van der Waals surface area contributed by atoms with Crippen LogP contribution in [0.1, 0.15) is 10.5 Å². The van der Waals surface area contributed by atoms with E-state index in [1.807, 2.05) is 0 Å². The Morgan fingerprint density at radius 2 is 2.46 bits per heavy atom. The lowest BCUT2D eigenvalue weighted by Gasteiger charge is -1.98. The molecular weight excluding hydrogens is 178 g/mol. The van der Waals surface area contributed by atoms with E-state index < -0.39 is 10.8 Å². The van der Waals surface area contributed by atoms with Crippen LogP contribution in [0.2, 0.25) is 0 Å². The van der Waals surface area contributed by atoms with Gasteiger partial charge < -0.3 is 0 Å². The van der Waals surface area contributed by atoms with Crippen LogP contribution in [0.3, 0.4) is 0 Å². The number of aromatic nitrogens is 2. The van der Waals surface area contributed by atoms with E-state index in [-0.39, 0.29) is 11.4 Å². The maximum Gasteiger partial charge on any atom is 0.320 e. The van der Waals surface area contributed by atoms with Gasteiger partial charge in [0.2, 0.25) is 5.69 Å². The standard InChI is InChI=1S/C5H7N5O3/c1-9-4(5(11)8-6)3(2-7-9)10(12)13/h2H,6H2,1H3,(H,8,11). The number of hydrogen-bond acceptors (Lipinski definition) is 5. The van der Waals surface area contributed by atoms with Crippen molar-refractivity contribution in [1.29, 1.82) is 0 Å². The van der Waals surface area contributed by atoms with Gasteiger partial charge in [-0.1, -0.05) is 0 Å². The monoisotopic (exact) mass is 185 g/mol. The molecule has 1 aromatic heterocycles. The first-order chi connectivity index (χ1) is 6.07. The molecule has 1 amide bonds. The number of amides is 1. The zero-order chi connectivity index (χ0) is 10.0. The number of carbonyl (C=O) groups excluding carboxylic acids is 1. The first-order valence-electron chi connectivity index (χ1n) is 3.25. The summed E-state index contributed by atoms with van der Waals surface area (Å²) in [5.74, 6) is 4.09. The van der Waals surface area contributed by atoms with Gasteiger partial charge in [-0.3, -0.25) is 25.0 Å². The van der Waals surface area contributed by atoms with Gasteiger partial charge in [-0.2, -0.15) is 5.10 Å². The minimum atomic E-state index is -0.744. The fourth-order valence-corrected chi connectivity index (χ4v) is 0.891. The van der Waals surface area contributed by atoms with E-state index in [9.17, 15) is 14.9 Å². The summed E-state index contributed by atoms with van der Waals surface area (Å²) in [5.41, 5.74) is 1.26. The summed E-state index contributed by atoms with van der Waals surface area (Å²) in [5, 5.41) is 14.0. The topological polar surface area (TPSA) is 116 Å². The van der Waals surface area contributed by atoms with Crippen molar-refractivity contribution in [2.45, 2.75) is 0 Å². The maximum absolute atomic E-state index is 11.0. The fourth-order valence-electron chi connectivity index (χ4n) is 0.891. The largest absolute Gasteiger partial charge is 0.320 e. The van der Waals surface area contributed by atoms with E-state index in [4.69, 9.17) is 5.84 Å². The van der Waals surface area contributed by atoms with Crippen LogP contribution in [0, 0.1) is 10.1 Å². The lowest BCUT2D eigenvalue weighted by molar-refractivity contribution is -0.385. The van der Waals surface area contributed by atoms with E-state index in [1.165, 1.54) is 7.05 Å². The molecule has 1 rings (SSSR count). The molecule has 8 heteroatoms. The molecule has 1 heterocycles. The second-order valence-corrected chi connectivity index (χ2v) is 2.23. The molecule has 0 bridgehead atoms. The van der Waals surface area contributed by atoms with Crippen molar-refractivity contribution in [2.75, 3.05) is 0 Å². The highest BCUT2D eigenvalue weighted by Gasteiger charge is 2.24. The molecule has 0 spiro atoms. The summed E-state index contributed by atoms with van der Waals surface area (Å²) in [7, 11) is 1.41. The van der Waals surface area contributed by atoms with Crippen molar-refractivity contribution in [3.05, 3.63) is 22.0 Å². The molecule has 13 heavy (non-hydrogen) atoms. The number of nitrogens with two attached hydrogens (primary N) is 1. The molecular formula is C5H7N5O3.